The molecule has 2 aromatic heterocycles. The smallest absolute Gasteiger partial charge is 0.178 e. The Labute approximate surface area is 150 Å². The largest absolute Gasteiger partial charge is 0.377 e. The first-order chi connectivity index (χ1) is 11.8. The number of hydrogen-bond donors (Lipinski definition) is 0. The summed E-state index contributed by atoms with van der Waals surface area (Å²) < 4.78 is 7.54. The van der Waals surface area contributed by atoms with E-state index in [1.165, 1.54) is 0 Å². The lowest BCUT2D eigenvalue weighted by Gasteiger charge is -2.35. The van der Waals surface area contributed by atoms with Gasteiger partial charge in [0.25, 0.3) is 0 Å². The van der Waals surface area contributed by atoms with Crippen molar-refractivity contribution >= 4 is 11.5 Å². The van der Waals surface area contributed by atoms with Crippen LogP contribution < -0.4 is 4.90 Å². The summed E-state index contributed by atoms with van der Waals surface area (Å²) in [6.45, 7) is 16.4. The minimum atomic E-state index is -0.0832. The first kappa shape index (κ1) is 18.1. The van der Waals surface area contributed by atoms with Gasteiger partial charge in [-0.3, -0.25) is 4.90 Å². The van der Waals surface area contributed by atoms with E-state index in [-0.39, 0.29) is 5.41 Å². The zero-order valence-corrected chi connectivity index (χ0v) is 16.1. The quantitative estimate of drug-likeness (QED) is 0.825. The Hall–Kier alpha value is -1.73. The van der Waals surface area contributed by atoms with Crippen LogP contribution in [0, 0.1) is 0 Å². The number of nitrogens with zero attached hydrogens (tertiary/aromatic N) is 6. The van der Waals surface area contributed by atoms with E-state index in [0.29, 0.717) is 6.10 Å². The summed E-state index contributed by atoms with van der Waals surface area (Å²) in [5, 5.41) is 13.4. The summed E-state index contributed by atoms with van der Waals surface area (Å²) in [6.07, 6.45) is 0.304. The van der Waals surface area contributed by atoms with Crippen LogP contribution in [0.15, 0.2) is 12.1 Å². The molecule has 1 aliphatic heterocycles. The predicted molar refractivity (Wildman–Crippen MR) is 99.2 cm³/mol. The monoisotopic (exact) mass is 346 g/mol. The summed E-state index contributed by atoms with van der Waals surface area (Å²) in [5.74, 6) is 1.89. The lowest BCUT2D eigenvalue weighted by molar-refractivity contribution is 0.0578. The Morgan fingerprint density at radius 1 is 1.08 bits per heavy atom. The van der Waals surface area contributed by atoms with Crippen molar-refractivity contribution in [3.05, 3.63) is 18.0 Å². The van der Waals surface area contributed by atoms with Gasteiger partial charge in [0.05, 0.1) is 12.7 Å². The number of hydrogen-bond acceptors (Lipinski definition) is 6. The minimum absolute atomic E-state index is 0.0832. The van der Waals surface area contributed by atoms with Crippen molar-refractivity contribution in [1.82, 2.24) is 24.7 Å². The van der Waals surface area contributed by atoms with Crippen molar-refractivity contribution in [2.75, 3.05) is 44.2 Å². The highest BCUT2D eigenvalue weighted by Gasteiger charge is 2.23. The number of aromatic nitrogens is 4. The standard InChI is InChI=1S/C18H30N6O/c1-14(2)25-13-12-22-8-10-23(11-9-22)16-7-6-15-19-20-17(18(3,4)5)24(15)21-16/h6-7,14H,8-13H2,1-5H3. The van der Waals surface area contributed by atoms with Gasteiger partial charge in [-0.2, -0.15) is 4.52 Å². The molecule has 7 nitrogen and oxygen atoms in total. The Kier molecular flexibility index (Phi) is 5.24. The van der Waals surface area contributed by atoms with Crippen molar-refractivity contribution in [2.45, 2.75) is 46.1 Å². The van der Waals surface area contributed by atoms with Gasteiger partial charge in [0.2, 0.25) is 0 Å². The number of ether oxygens (including phenoxy) is 1. The van der Waals surface area contributed by atoms with E-state index in [0.717, 1.165) is 56.6 Å². The third-order valence-corrected chi connectivity index (χ3v) is 4.47. The van der Waals surface area contributed by atoms with Crippen molar-refractivity contribution in [3.63, 3.8) is 0 Å². The maximum Gasteiger partial charge on any atom is 0.178 e. The van der Waals surface area contributed by atoms with Crippen LogP contribution in [0.3, 0.4) is 0 Å². The van der Waals surface area contributed by atoms with Crippen LogP contribution in [0.5, 0.6) is 0 Å². The molecule has 0 aliphatic carbocycles. The van der Waals surface area contributed by atoms with Crippen LogP contribution in [0.1, 0.15) is 40.4 Å². The molecule has 1 fully saturated rings. The van der Waals surface area contributed by atoms with Gasteiger partial charge in [-0.25, -0.2) is 0 Å². The van der Waals surface area contributed by atoms with Crippen LogP contribution in [-0.2, 0) is 10.2 Å². The van der Waals surface area contributed by atoms with Gasteiger partial charge in [0, 0.05) is 38.1 Å². The molecule has 1 saturated heterocycles. The summed E-state index contributed by atoms with van der Waals surface area (Å²) in [4.78, 5) is 4.79. The highest BCUT2D eigenvalue weighted by Crippen LogP contribution is 2.22. The fourth-order valence-corrected chi connectivity index (χ4v) is 3.03. The van der Waals surface area contributed by atoms with Crippen LogP contribution >= 0.6 is 0 Å². The second-order valence-corrected chi connectivity index (χ2v) is 7.98. The zero-order chi connectivity index (χ0) is 18.0. The molecule has 1 aliphatic rings. The molecule has 0 N–H and O–H groups in total. The van der Waals surface area contributed by atoms with Crippen LogP contribution in [0.25, 0.3) is 5.65 Å². The Bertz CT molecular complexity index is 697. The van der Waals surface area contributed by atoms with E-state index < -0.39 is 0 Å². The van der Waals surface area contributed by atoms with E-state index in [1.807, 2.05) is 16.6 Å². The van der Waals surface area contributed by atoms with Gasteiger partial charge in [0.1, 0.15) is 5.82 Å². The Morgan fingerprint density at radius 2 is 1.80 bits per heavy atom. The van der Waals surface area contributed by atoms with Crippen LogP contribution in [0.4, 0.5) is 5.82 Å². The van der Waals surface area contributed by atoms with E-state index >= 15 is 0 Å². The second-order valence-electron chi connectivity index (χ2n) is 7.98. The van der Waals surface area contributed by atoms with E-state index in [9.17, 15) is 0 Å². The van der Waals surface area contributed by atoms with Gasteiger partial charge < -0.3 is 9.64 Å². The molecule has 0 spiro atoms. The number of fused-ring (bicyclic) bond motifs is 1. The van der Waals surface area contributed by atoms with Gasteiger partial charge in [0.15, 0.2) is 11.5 Å². The topological polar surface area (TPSA) is 58.8 Å². The van der Waals surface area contributed by atoms with E-state index in [4.69, 9.17) is 9.84 Å². The number of anilines is 1. The minimum Gasteiger partial charge on any atom is -0.377 e. The molecule has 0 atom stereocenters. The summed E-state index contributed by atoms with van der Waals surface area (Å²) in [7, 11) is 0. The molecule has 0 saturated carbocycles. The molecule has 3 rings (SSSR count). The molecule has 138 valence electrons. The normalized spacial score (nSPS) is 17.0. The molecule has 0 radical (unpaired) electrons. The van der Waals surface area contributed by atoms with Gasteiger partial charge in [-0.05, 0) is 26.0 Å². The lowest BCUT2D eigenvalue weighted by Crippen LogP contribution is -2.47. The summed E-state index contributed by atoms with van der Waals surface area (Å²) in [5.41, 5.74) is 0.721. The molecule has 0 amide bonds. The summed E-state index contributed by atoms with van der Waals surface area (Å²) in [6, 6.07) is 4.06. The van der Waals surface area contributed by atoms with Gasteiger partial charge >= 0.3 is 0 Å². The lowest BCUT2D eigenvalue weighted by atomic mass is 9.96. The molecule has 7 heteroatoms. The molecular weight excluding hydrogens is 316 g/mol. The molecule has 25 heavy (non-hydrogen) atoms. The third-order valence-electron chi connectivity index (χ3n) is 4.47. The molecule has 0 unspecified atom stereocenters. The first-order valence-electron chi connectivity index (χ1n) is 9.16. The van der Waals surface area contributed by atoms with Gasteiger partial charge in [-0.15, -0.1) is 15.3 Å². The highest BCUT2D eigenvalue weighted by atomic mass is 16.5. The Morgan fingerprint density at radius 3 is 2.44 bits per heavy atom. The van der Waals surface area contributed by atoms with Crippen molar-refractivity contribution < 1.29 is 4.74 Å². The van der Waals surface area contributed by atoms with Crippen molar-refractivity contribution in [3.8, 4) is 0 Å². The summed E-state index contributed by atoms with van der Waals surface area (Å²) >= 11 is 0. The SMILES string of the molecule is CC(C)OCCN1CCN(c2ccc3nnc(C(C)(C)C)n3n2)CC1. The predicted octanol–water partition coefficient (Wildman–Crippen LogP) is 1.97. The highest BCUT2D eigenvalue weighted by molar-refractivity contribution is 5.46. The first-order valence-corrected chi connectivity index (χ1v) is 9.16. The maximum atomic E-state index is 5.66. The molecule has 0 bridgehead atoms. The zero-order valence-electron chi connectivity index (χ0n) is 16.1. The molecule has 3 heterocycles. The molecule has 2 aromatic rings. The van der Waals surface area contributed by atoms with Crippen LogP contribution in [0.2, 0.25) is 0 Å². The fourth-order valence-electron chi connectivity index (χ4n) is 3.03. The van der Waals surface area contributed by atoms with Crippen LogP contribution in [-0.4, -0.2) is 70.1 Å². The average molecular weight is 346 g/mol. The molecular formula is C18H30N6O. The van der Waals surface area contributed by atoms with Gasteiger partial charge in [-0.1, -0.05) is 20.8 Å². The average Bonchev–Trinajstić information content (AvgIpc) is 2.98. The third kappa shape index (κ3) is 4.27. The second kappa shape index (κ2) is 7.25. The van der Waals surface area contributed by atoms with E-state index in [1.54, 1.807) is 0 Å². The van der Waals surface area contributed by atoms with Crippen molar-refractivity contribution in [2.24, 2.45) is 0 Å². The number of piperazine rings is 1. The Balaban J connectivity index is 1.65. The van der Waals surface area contributed by atoms with E-state index in [2.05, 4.69) is 54.6 Å². The van der Waals surface area contributed by atoms with Crippen molar-refractivity contribution in [1.29, 1.82) is 0 Å². The number of rotatable bonds is 5. The molecule has 0 aromatic carbocycles. The maximum absolute atomic E-state index is 5.66. The fraction of sp³-hybridized carbons (Fsp3) is 0.722.